The van der Waals surface area contributed by atoms with Crippen molar-refractivity contribution in [2.75, 3.05) is 33.4 Å². The van der Waals surface area contributed by atoms with E-state index in [1.807, 2.05) is 40.1 Å². The quantitative estimate of drug-likeness (QED) is 0.833. The fourth-order valence-corrected chi connectivity index (χ4v) is 3.70. The van der Waals surface area contributed by atoms with E-state index >= 15 is 0 Å². The minimum Gasteiger partial charge on any atom is -0.383 e. The molecule has 1 aromatic rings. The van der Waals surface area contributed by atoms with Crippen LogP contribution in [0.4, 0.5) is 0 Å². The van der Waals surface area contributed by atoms with Gasteiger partial charge < -0.3 is 14.5 Å². The fourth-order valence-electron chi connectivity index (χ4n) is 3.70. The molecule has 124 valence electrons. The summed E-state index contributed by atoms with van der Waals surface area (Å²) in [5, 5.41) is 0. The number of carbonyl (C=O) groups is 2. The summed E-state index contributed by atoms with van der Waals surface area (Å²) in [6.07, 6.45) is 2.43. The minimum absolute atomic E-state index is 0.0495. The van der Waals surface area contributed by atoms with E-state index in [4.69, 9.17) is 4.74 Å². The van der Waals surface area contributed by atoms with Crippen LogP contribution in [0.2, 0.25) is 0 Å². The molecule has 2 amide bonds. The molecule has 0 aliphatic carbocycles. The van der Waals surface area contributed by atoms with Crippen LogP contribution in [0, 0.1) is 5.92 Å². The lowest BCUT2D eigenvalue weighted by molar-refractivity contribution is -0.135. The Balaban J connectivity index is 1.87. The van der Waals surface area contributed by atoms with Crippen molar-refractivity contribution in [2.24, 2.45) is 5.92 Å². The molecule has 23 heavy (non-hydrogen) atoms. The lowest BCUT2D eigenvalue weighted by Gasteiger charge is -2.30. The molecule has 2 heterocycles. The zero-order chi connectivity index (χ0) is 16.2. The summed E-state index contributed by atoms with van der Waals surface area (Å²) >= 11 is 0. The van der Waals surface area contributed by atoms with Gasteiger partial charge in [0.25, 0.3) is 0 Å². The van der Waals surface area contributed by atoms with Crippen LogP contribution in [0.1, 0.15) is 30.9 Å². The lowest BCUT2D eigenvalue weighted by atomic mass is 9.92. The SMILES string of the molecule is COCCN1C(=O)C[C@@H](C(=O)N2CCCC2)[C@@H]1c1ccccc1. The van der Waals surface area contributed by atoms with Gasteiger partial charge in [-0.3, -0.25) is 9.59 Å². The highest BCUT2D eigenvalue weighted by atomic mass is 16.5. The first-order valence-corrected chi connectivity index (χ1v) is 8.34. The number of hydrogen-bond donors (Lipinski definition) is 0. The first-order valence-electron chi connectivity index (χ1n) is 8.34. The van der Waals surface area contributed by atoms with Gasteiger partial charge in [-0.2, -0.15) is 0 Å². The predicted molar refractivity (Wildman–Crippen MR) is 86.7 cm³/mol. The summed E-state index contributed by atoms with van der Waals surface area (Å²) in [6, 6.07) is 9.72. The highest BCUT2D eigenvalue weighted by Gasteiger charge is 2.45. The fraction of sp³-hybridized carbons (Fsp3) is 0.556. The Bertz CT molecular complexity index is 555. The first kappa shape index (κ1) is 16.0. The van der Waals surface area contributed by atoms with Crippen LogP contribution in [0.15, 0.2) is 30.3 Å². The van der Waals surface area contributed by atoms with Crippen LogP contribution in [0.25, 0.3) is 0 Å². The summed E-state index contributed by atoms with van der Waals surface area (Å²) in [4.78, 5) is 29.1. The molecular weight excluding hydrogens is 292 g/mol. The molecule has 0 N–H and O–H groups in total. The smallest absolute Gasteiger partial charge is 0.228 e. The van der Waals surface area contributed by atoms with Crippen LogP contribution in [0.5, 0.6) is 0 Å². The predicted octanol–water partition coefficient (Wildman–Crippen LogP) is 1.84. The van der Waals surface area contributed by atoms with Gasteiger partial charge in [-0.25, -0.2) is 0 Å². The molecule has 2 atom stereocenters. The van der Waals surface area contributed by atoms with Gasteiger partial charge in [0.05, 0.1) is 18.6 Å². The number of methoxy groups -OCH3 is 1. The van der Waals surface area contributed by atoms with Crippen LogP contribution in [-0.2, 0) is 14.3 Å². The molecule has 0 bridgehead atoms. The third-order valence-electron chi connectivity index (χ3n) is 4.84. The molecule has 0 radical (unpaired) electrons. The number of ether oxygens (including phenoxy) is 1. The Kier molecular flexibility index (Phi) is 4.96. The molecule has 5 nitrogen and oxygen atoms in total. The maximum Gasteiger partial charge on any atom is 0.228 e. The number of rotatable bonds is 5. The van der Waals surface area contributed by atoms with E-state index < -0.39 is 0 Å². The molecule has 2 aliphatic rings. The Morgan fingerprint density at radius 1 is 1.22 bits per heavy atom. The van der Waals surface area contributed by atoms with Crippen molar-refractivity contribution >= 4 is 11.8 Å². The third-order valence-corrected chi connectivity index (χ3v) is 4.84. The molecule has 0 unspecified atom stereocenters. The maximum absolute atomic E-state index is 12.9. The van der Waals surface area contributed by atoms with E-state index in [9.17, 15) is 9.59 Å². The van der Waals surface area contributed by atoms with E-state index in [2.05, 4.69) is 0 Å². The maximum atomic E-state index is 12.9. The number of likely N-dealkylation sites (tertiary alicyclic amines) is 2. The second-order valence-corrected chi connectivity index (χ2v) is 6.28. The first-order chi connectivity index (χ1) is 11.2. The van der Waals surface area contributed by atoms with E-state index in [0.717, 1.165) is 31.5 Å². The summed E-state index contributed by atoms with van der Waals surface area (Å²) < 4.78 is 5.14. The molecule has 0 saturated carbocycles. The normalized spacial score (nSPS) is 24.5. The van der Waals surface area contributed by atoms with Crippen molar-refractivity contribution in [3.8, 4) is 0 Å². The molecule has 0 spiro atoms. The van der Waals surface area contributed by atoms with Gasteiger partial charge in [-0.1, -0.05) is 30.3 Å². The Labute approximate surface area is 137 Å². The Hall–Kier alpha value is -1.88. The zero-order valence-electron chi connectivity index (χ0n) is 13.6. The average molecular weight is 316 g/mol. The van der Waals surface area contributed by atoms with Crippen LogP contribution in [-0.4, -0.2) is 55.0 Å². The molecule has 0 aromatic heterocycles. The number of nitrogens with zero attached hydrogens (tertiary/aromatic N) is 2. The monoisotopic (exact) mass is 316 g/mol. The second-order valence-electron chi connectivity index (χ2n) is 6.28. The van der Waals surface area contributed by atoms with E-state index in [-0.39, 0.29) is 23.8 Å². The van der Waals surface area contributed by atoms with Gasteiger partial charge in [-0.05, 0) is 18.4 Å². The van der Waals surface area contributed by atoms with E-state index in [1.54, 1.807) is 7.11 Å². The van der Waals surface area contributed by atoms with Crippen molar-refractivity contribution in [1.29, 1.82) is 0 Å². The van der Waals surface area contributed by atoms with Crippen LogP contribution >= 0.6 is 0 Å². The summed E-state index contributed by atoms with van der Waals surface area (Å²) in [6.45, 7) is 2.66. The summed E-state index contributed by atoms with van der Waals surface area (Å²) in [5.74, 6) is -0.0991. The molecule has 1 aromatic carbocycles. The molecule has 2 aliphatic heterocycles. The standard InChI is InChI=1S/C18H24N2O3/c1-23-12-11-20-16(21)13-15(18(22)19-9-5-6-10-19)17(20)14-7-3-2-4-8-14/h2-4,7-8,15,17H,5-6,9-13H2,1H3/t15-,17+/m1/s1. The van der Waals surface area contributed by atoms with Crippen molar-refractivity contribution in [1.82, 2.24) is 9.80 Å². The van der Waals surface area contributed by atoms with Crippen molar-refractivity contribution in [3.05, 3.63) is 35.9 Å². The number of carbonyl (C=O) groups excluding carboxylic acids is 2. The second kappa shape index (κ2) is 7.13. The summed E-state index contributed by atoms with van der Waals surface area (Å²) in [5.41, 5.74) is 1.03. The molecule has 3 rings (SSSR count). The molecular formula is C18H24N2O3. The van der Waals surface area contributed by atoms with Gasteiger partial charge in [0.1, 0.15) is 0 Å². The molecule has 5 heteroatoms. The minimum atomic E-state index is -0.278. The number of benzene rings is 1. The lowest BCUT2D eigenvalue weighted by Crippen LogP contribution is -2.38. The Morgan fingerprint density at radius 2 is 1.91 bits per heavy atom. The molecule has 2 fully saturated rings. The highest BCUT2D eigenvalue weighted by Crippen LogP contribution is 2.39. The topological polar surface area (TPSA) is 49.9 Å². The van der Waals surface area contributed by atoms with Gasteiger partial charge in [-0.15, -0.1) is 0 Å². The third kappa shape index (κ3) is 3.24. The van der Waals surface area contributed by atoms with Crippen molar-refractivity contribution < 1.29 is 14.3 Å². The number of hydrogen-bond acceptors (Lipinski definition) is 3. The van der Waals surface area contributed by atoms with E-state index in [0.29, 0.717) is 19.6 Å². The van der Waals surface area contributed by atoms with Gasteiger partial charge in [0.15, 0.2) is 0 Å². The van der Waals surface area contributed by atoms with Gasteiger partial charge >= 0.3 is 0 Å². The zero-order valence-corrected chi connectivity index (χ0v) is 13.6. The van der Waals surface area contributed by atoms with Crippen molar-refractivity contribution in [2.45, 2.75) is 25.3 Å². The van der Waals surface area contributed by atoms with Gasteiger partial charge in [0, 0.05) is 33.2 Å². The average Bonchev–Trinajstić information content (AvgIpc) is 3.21. The number of amides is 2. The Morgan fingerprint density at radius 3 is 2.57 bits per heavy atom. The van der Waals surface area contributed by atoms with Crippen LogP contribution < -0.4 is 0 Å². The van der Waals surface area contributed by atoms with Gasteiger partial charge in [0.2, 0.25) is 11.8 Å². The molecule has 2 saturated heterocycles. The van der Waals surface area contributed by atoms with Crippen LogP contribution in [0.3, 0.4) is 0 Å². The van der Waals surface area contributed by atoms with E-state index in [1.165, 1.54) is 0 Å². The largest absolute Gasteiger partial charge is 0.383 e. The van der Waals surface area contributed by atoms with Crippen molar-refractivity contribution in [3.63, 3.8) is 0 Å². The summed E-state index contributed by atoms with van der Waals surface area (Å²) in [7, 11) is 1.63. The highest BCUT2D eigenvalue weighted by molar-refractivity contribution is 5.90.